The number of fused-ring (bicyclic) bond motifs is 1. The van der Waals surface area contributed by atoms with Gasteiger partial charge in [0, 0.05) is 22.5 Å². The van der Waals surface area contributed by atoms with Gasteiger partial charge in [-0.2, -0.15) is 11.8 Å². The average Bonchev–Trinajstić information content (AvgIpc) is 2.86. The van der Waals surface area contributed by atoms with Crippen molar-refractivity contribution in [1.82, 2.24) is 9.97 Å². The Morgan fingerprint density at radius 1 is 1.20 bits per heavy atom. The lowest BCUT2D eigenvalue weighted by Crippen LogP contribution is -2.21. The summed E-state index contributed by atoms with van der Waals surface area (Å²) in [7, 11) is 0. The number of nitrogens with zero attached hydrogens (tertiary/aromatic N) is 2. The van der Waals surface area contributed by atoms with E-state index in [-0.39, 0.29) is 0 Å². The minimum Gasteiger partial charge on any atom is -0.367 e. The van der Waals surface area contributed by atoms with E-state index in [1.165, 1.54) is 49.1 Å². The summed E-state index contributed by atoms with van der Waals surface area (Å²) in [5, 5.41) is 4.58. The van der Waals surface area contributed by atoms with Gasteiger partial charge in [0.1, 0.15) is 11.6 Å². The summed E-state index contributed by atoms with van der Waals surface area (Å²) in [5.41, 5.74) is 2.69. The van der Waals surface area contributed by atoms with Gasteiger partial charge >= 0.3 is 0 Å². The topological polar surface area (TPSA) is 37.8 Å². The van der Waals surface area contributed by atoms with E-state index in [1.807, 2.05) is 6.92 Å². The molecule has 20 heavy (non-hydrogen) atoms. The Balaban J connectivity index is 1.73. The summed E-state index contributed by atoms with van der Waals surface area (Å²) in [5.74, 6) is 3.30. The molecule has 2 atom stereocenters. The van der Waals surface area contributed by atoms with Crippen LogP contribution in [0.15, 0.2) is 0 Å². The molecule has 1 fully saturated rings. The Kier molecular flexibility index (Phi) is 4.49. The predicted octanol–water partition coefficient (Wildman–Crippen LogP) is 3.75. The molecule has 0 aromatic carbocycles. The summed E-state index contributed by atoms with van der Waals surface area (Å²) in [6.45, 7) is 4.28. The highest BCUT2D eigenvalue weighted by Gasteiger charge is 2.26. The molecule has 0 amide bonds. The first kappa shape index (κ1) is 14.2. The first-order valence-corrected chi connectivity index (χ1v) is 9.05. The summed E-state index contributed by atoms with van der Waals surface area (Å²) < 4.78 is 0. The summed E-state index contributed by atoms with van der Waals surface area (Å²) in [4.78, 5) is 9.33. The maximum absolute atomic E-state index is 4.69. The van der Waals surface area contributed by atoms with E-state index in [1.54, 1.807) is 0 Å². The molecule has 3 rings (SSSR count). The van der Waals surface area contributed by atoms with Gasteiger partial charge in [-0.25, -0.2) is 9.97 Å². The van der Waals surface area contributed by atoms with Gasteiger partial charge in [-0.3, -0.25) is 0 Å². The molecule has 0 aliphatic heterocycles. The highest BCUT2D eigenvalue weighted by atomic mass is 32.2. The van der Waals surface area contributed by atoms with Crippen LogP contribution in [0.1, 0.15) is 56.1 Å². The fourth-order valence-electron chi connectivity index (χ4n) is 3.49. The second-order valence-corrected chi connectivity index (χ2v) is 7.56. The van der Waals surface area contributed by atoms with E-state index < -0.39 is 0 Å². The Hall–Kier alpha value is -0.770. The van der Waals surface area contributed by atoms with Crippen LogP contribution in [0.25, 0.3) is 0 Å². The zero-order valence-corrected chi connectivity index (χ0v) is 13.4. The monoisotopic (exact) mass is 291 g/mol. The van der Waals surface area contributed by atoms with Crippen LogP contribution in [-0.4, -0.2) is 27.0 Å². The Morgan fingerprint density at radius 2 is 2.05 bits per heavy atom. The van der Waals surface area contributed by atoms with Gasteiger partial charge in [0.05, 0.1) is 0 Å². The fraction of sp³-hybridized carbons (Fsp3) is 0.750. The van der Waals surface area contributed by atoms with Crippen LogP contribution < -0.4 is 5.32 Å². The molecular formula is C16H25N3S. The molecule has 1 heterocycles. The maximum atomic E-state index is 4.69. The van der Waals surface area contributed by atoms with Crippen LogP contribution in [0.5, 0.6) is 0 Å². The summed E-state index contributed by atoms with van der Waals surface area (Å²) in [6.07, 6.45) is 8.77. The van der Waals surface area contributed by atoms with Crippen molar-refractivity contribution in [2.75, 3.05) is 11.1 Å². The van der Waals surface area contributed by atoms with Crippen molar-refractivity contribution in [3.05, 3.63) is 17.1 Å². The van der Waals surface area contributed by atoms with Crippen LogP contribution in [0.2, 0.25) is 0 Å². The first-order chi connectivity index (χ1) is 9.76. The van der Waals surface area contributed by atoms with Crippen molar-refractivity contribution in [3.63, 3.8) is 0 Å². The molecule has 110 valence electrons. The van der Waals surface area contributed by atoms with E-state index in [9.17, 15) is 0 Å². The van der Waals surface area contributed by atoms with E-state index in [2.05, 4.69) is 29.0 Å². The standard InChI is InChI=1S/C16H25N3S/c1-3-20-13-9-8-12(10-13)19-16-14-6-4-5-7-15(14)17-11(2)18-16/h12-13H,3-10H2,1-2H3,(H,17,18,19). The number of rotatable bonds is 4. The highest BCUT2D eigenvalue weighted by Crippen LogP contribution is 2.33. The van der Waals surface area contributed by atoms with Crippen molar-refractivity contribution in [3.8, 4) is 0 Å². The molecule has 3 nitrogen and oxygen atoms in total. The molecule has 2 unspecified atom stereocenters. The molecule has 1 aromatic rings. The lowest BCUT2D eigenvalue weighted by molar-refractivity contribution is 0.654. The maximum Gasteiger partial charge on any atom is 0.133 e. The quantitative estimate of drug-likeness (QED) is 0.917. The zero-order valence-electron chi connectivity index (χ0n) is 12.6. The third kappa shape index (κ3) is 3.11. The smallest absolute Gasteiger partial charge is 0.133 e. The van der Waals surface area contributed by atoms with Crippen molar-refractivity contribution >= 4 is 17.6 Å². The second kappa shape index (κ2) is 6.33. The van der Waals surface area contributed by atoms with Crippen LogP contribution in [0, 0.1) is 6.92 Å². The van der Waals surface area contributed by atoms with Gasteiger partial charge in [0.15, 0.2) is 0 Å². The number of hydrogen-bond acceptors (Lipinski definition) is 4. The SMILES string of the molecule is CCSC1CCC(Nc2nc(C)nc3c2CCCC3)C1. The Labute approximate surface area is 126 Å². The van der Waals surface area contributed by atoms with Crippen LogP contribution in [-0.2, 0) is 12.8 Å². The minimum absolute atomic E-state index is 0.611. The lowest BCUT2D eigenvalue weighted by Gasteiger charge is -2.22. The van der Waals surface area contributed by atoms with E-state index in [4.69, 9.17) is 4.98 Å². The molecule has 4 heteroatoms. The molecule has 0 radical (unpaired) electrons. The molecular weight excluding hydrogens is 266 g/mol. The second-order valence-electron chi connectivity index (χ2n) is 5.98. The molecule has 2 aliphatic carbocycles. The first-order valence-electron chi connectivity index (χ1n) is 8.00. The average molecular weight is 291 g/mol. The van der Waals surface area contributed by atoms with Crippen LogP contribution in [0.4, 0.5) is 5.82 Å². The van der Waals surface area contributed by atoms with Crippen molar-refractivity contribution in [2.45, 2.75) is 70.1 Å². The number of thioether (sulfide) groups is 1. The van der Waals surface area contributed by atoms with Gasteiger partial charge < -0.3 is 5.32 Å². The van der Waals surface area contributed by atoms with Gasteiger partial charge in [-0.1, -0.05) is 6.92 Å². The summed E-state index contributed by atoms with van der Waals surface area (Å²) in [6, 6.07) is 0.611. The van der Waals surface area contributed by atoms with Crippen molar-refractivity contribution in [1.29, 1.82) is 0 Å². The van der Waals surface area contributed by atoms with E-state index in [0.717, 1.165) is 29.7 Å². The molecule has 0 bridgehead atoms. The lowest BCUT2D eigenvalue weighted by atomic mass is 9.96. The Bertz CT molecular complexity index is 475. The highest BCUT2D eigenvalue weighted by molar-refractivity contribution is 7.99. The molecule has 2 aliphatic rings. The third-order valence-electron chi connectivity index (χ3n) is 4.42. The minimum atomic E-state index is 0.611. The largest absolute Gasteiger partial charge is 0.367 e. The van der Waals surface area contributed by atoms with Gasteiger partial charge in [0.25, 0.3) is 0 Å². The van der Waals surface area contributed by atoms with Gasteiger partial charge in [-0.05, 0) is 57.6 Å². The molecule has 0 spiro atoms. The molecule has 1 aromatic heterocycles. The number of aryl methyl sites for hydroxylation is 2. The molecule has 1 saturated carbocycles. The van der Waals surface area contributed by atoms with Crippen LogP contribution in [0.3, 0.4) is 0 Å². The van der Waals surface area contributed by atoms with E-state index >= 15 is 0 Å². The van der Waals surface area contributed by atoms with Crippen molar-refractivity contribution < 1.29 is 0 Å². The number of nitrogens with one attached hydrogen (secondary N) is 1. The molecule has 0 saturated heterocycles. The number of hydrogen-bond donors (Lipinski definition) is 1. The van der Waals surface area contributed by atoms with Crippen LogP contribution >= 0.6 is 11.8 Å². The predicted molar refractivity (Wildman–Crippen MR) is 86.6 cm³/mol. The van der Waals surface area contributed by atoms with Crippen molar-refractivity contribution in [2.24, 2.45) is 0 Å². The molecule has 1 N–H and O–H groups in total. The van der Waals surface area contributed by atoms with Gasteiger partial charge in [0.2, 0.25) is 0 Å². The summed E-state index contributed by atoms with van der Waals surface area (Å²) >= 11 is 2.11. The van der Waals surface area contributed by atoms with E-state index in [0.29, 0.717) is 6.04 Å². The third-order valence-corrected chi connectivity index (χ3v) is 5.66. The fourth-order valence-corrected chi connectivity index (χ4v) is 4.63. The number of anilines is 1. The zero-order chi connectivity index (χ0) is 13.9. The Morgan fingerprint density at radius 3 is 2.90 bits per heavy atom. The number of aromatic nitrogens is 2. The normalized spacial score (nSPS) is 25.5. The van der Waals surface area contributed by atoms with Gasteiger partial charge in [-0.15, -0.1) is 0 Å².